The summed E-state index contributed by atoms with van der Waals surface area (Å²) in [6, 6.07) is 7.03. The third-order valence-corrected chi connectivity index (χ3v) is 9.47. The number of esters is 1. The summed E-state index contributed by atoms with van der Waals surface area (Å²) in [5, 5.41) is 4.44. The average molecular weight is 675 g/mol. The lowest BCUT2D eigenvalue weighted by Gasteiger charge is -2.37. The van der Waals surface area contributed by atoms with Gasteiger partial charge in [-0.3, -0.25) is 4.79 Å². The molecule has 1 N–H and O–H groups in total. The highest BCUT2D eigenvalue weighted by Crippen LogP contribution is 2.34. The monoisotopic (exact) mass is 673 g/mol. The van der Waals surface area contributed by atoms with Crippen LogP contribution in [-0.4, -0.2) is 78.0 Å². The zero-order valence-electron chi connectivity index (χ0n) is 26.5. The molecule has 0 radical (unpaired) electrons. The van der Waals surface area contributed by atoms with Crippen molar-refractivity contribution in [2.24, 2.45) is 5.92 Å². The third kappa shape index (κ3) is 8.79. The second kappa shape index (κ2) is 13.4. The smallest absolute Gasteiger partial charge is 0.410 e. The van der Waals surface area contributed by atoms with Crippen LogP contribution >= 0.6 is 15.9 Å². The van der Waals surface area contributed by atoms with Gasteiger partial charge in [-0.15, -0.1) is 0 Å². The quantitative estimate of drug-likeness (QED) is 0.152. The number of hydrogen-bond acceptors (Lipinski definition) is 8. The fourth-order valence-corrected chi connectivity index (χ4v) is 6.19. The van der Waals surface area contributed by atoms with Crippen molar-refractivity contribution in [1.82, 2.24) is 19.4 Å². The highest BCUT2D eigenvalue weighted by molar-refractivity contribution is 9.10. The fourth-order valence-electron chi connectivity index (χ4n) is 5.09. The minimum absolute atomic E-state index is 0.231. The van der Waals surface area contributed by atoms with Gasteiger partial charge in [-0.1, -0.05) is 41.6 Å². The molecule has 0 unspecified atom stereocenters. The zero-order valence-corrected chi connectivity index (χ0v) is 29.1. The van der Waals surface area contributed by atoms with Crippen molar-refractivity contribution in [2.75, 3.05) is 32.1 Å². The topological polar surface area (TPSA) is 108 Å². The SMILES string of the molecule is COC(=O)[C@@H]1C[C@H](Nc2ncc(C)c(-c3cn(COCC[Si](C)(C)C)c4cc(Br)ccc34)n2)CN(C(=O)OC(C)(C)C)C1. The summed E-state index contributed by atoms with van der Waals surface area (Å²) < 4.78 is 19.8. The van der Waals surface area contributed by atoms with E-state index in [4.69, 9.17) is 19.2 Å². The van der Waals surface area contributed by atoms with Crippen molar-refractivity contribution < 1.29 is 23.8 Å². The second-order valence-electron chi connectivity index (χ2n) is 13.4. The molecule has 3 aromatic rings. The van der Waals surface area contributed by atoms with Crippen molar-refractivity contribution >= 4 is 52.9 Å². The second-order valence-corrected chi connectivity index (χ2v) is 20.0. The lowest BCUT2D eigenvalue weighted by molar-refractivity contribution is -0.147. The Morgan fingerprint density at radius 3 is 2.60 bits per heavy atom. The molecule has 1 aliphatic heterocycles. The van der Waals surface area contributed by atoms with Crippen molar-refractivity contribution in [3.05, 3.63) is 40.6 Å². The van der Waals surface area contributed by atoms with E-state index in [0.717, 1.165) is 44.8 Å². The van der Waals surface area contributed by atoms with Crippen molar-refractivity contribution in [1.29, 1.82) is 0 Å². The van der Waals surface area contributed by atoms with Gasteiger partial charge in [-0.25, -0.2) is 14.8 Å². The first-order chi connectivity index (χ1) is 20.1. The summed E-state index contributed by atoms with van der Waals surface area (Å²) in [5.41, 5.74) is 3.10. The Balaban J connectivity index is 1.60. The first-order valence-corrected chi connectivity index (χ1v) is 19.2. The van der Waals surface area contributed by atoms with E-state index in [-0.39, 0.29) is 18.6 Å². The fraction of sp³-hybridized carbons (Fsp3) is 0.548. The molecule has 0 saturated carbocycles. The third-order valence-electron chi connectivity index (χ3n) is 7.27. The first-order valence-electron chi connectivity index (χ1n) is 14.7. The van der Waals surface area contributed by atoms with Crippen LogP contribution in [0.25, 0.3) is 22.2 Å². The summed E-state index contributed by atoms with van der Waals surface area (Å²) in [7, 11) is 0.168. The Hall–Kier alpha value is -2.96. The Morgan fingerprint density at radius 2 is 1.93 bits per heavy atom. The lowest BCUT2D eigenvalue weighted by atomic mass is 9.94. The predicted molar refractivity (Wildman–Crippen MR) is 175 cm³/mol. The number of carbonyl (C=O) groups excluding carboxylic acids is 2. The highest BCUT2D eigenvalue weighted by atomic mass is 79.9. The van der Waals surface area contributed by atoms with Crippen LogP contribution in [0.15, 0.2) is 35.1 Å². The molecule has 10 nitrogen and oxygen atoms in total. The molecule has 0 bridgehead atoms. The van der Waals surface area contributed by atoms with E-state index in [1.54, 1.807) is 11.1 Å². The molecule has 12 heteroatoms. The van der Waals surface area contributed by atoms with Gasteiger partial charge in [0.2, 0.25) is 5.95 Å². The van der Waals surface area contributed by atoms with Crippen molar-refractivity contribution in [2.45, 2.75) is 78.2 Å². The van der Waals surface area contributed by atoms with Crippen LogP contribution in [0.2, 0.25) is 25.7 Å². The van der Waals surface area contributed by atoms with Crippen LogP contribution in [0.4, 0.5) is 10.7 Å². The zero-order chi connectivity index (χ0) is 31.5. The van der Waals surface area contributed by atoms with Crippen molar-refractivity contribution in [3.63, 3.8) is 0 Å². The maximum absolute atomic E-state index is 12.9. The largest absolute Gasteiger partial charge is 0.469 e. The molecule has 1 saturated heterocycles. The molecule has 43 heavy (non-hydrogen) atoms. The van der Waals surface area contributed by atoms with Gasteiger partial charge in [0.05, 0.1) is 24.2 Å². The number of anilines is 1. The van der Waals surface area contributed by atoms with Gasteiger partial charge >= 0.3 is 12.1 Å². The average Bonchev–Trinajstić information content (AvgIpc) is 3.27. The number of aryl methyl sites for hydroxylation is 1. The minimum atomic E-state index is -1.19. The molecule has 1 fully saturated rings. The van der Waals surface area contributed by atoms with E-state index < -0.39 is 25.7 Å². The molecule has 1 aliphatic rings. The number of nitrogens with one attached hydrogen (secondary N) is 1. The summed E-state index contributed by atoms with van der Waals surface area (Å²) in [5.74, 6) is -0.438. The molecule has 4 rings (SSSR count). The molecular formula is C31H44BrN5O5Si. The number of hydrogen-bond donors (Lipinski definition) is 1. The van der Waals surface area contributed by atoms with Crippen LogP contribution < -0.4 is 5.32 Å². The summed E-state index contributed by atoms with van der Waals surface area (Å²) in [6.07, 6.45) is 3.89. The number of aromatic nitrogens is 3. The maximum Gasteiger partial charge on any atom is 0.410 e. The van der Waals surface area contributed by atoms with Crippen LogP contribution in [0.5, 0.6) is 0 Å². The lowest BCUT2D eigenvalue weighted by Crippen LogP contribution is -2.52. The predicted octanol–water partition coefficient (Wildman–Crippen LogP) is 6.69. The Bertz CT molecular complexity index is 1470. The Kier molecular flexibility index (Phi) is 10.2. The molecule has 2 aromatic heterocycles. The van der Waals surface area contributed by atoms with Crippen LogP contribution in [0.3, 0.4) is 0 Å². The number of rotatable bonds is 9. The van der Waals surface area contributed by atoms with Gasteiger partial charge in [0.25, 0.3) is 0 Å². The molecule has 3 heterocycles. The number of fused-ring (bicyclic) bond motifs is 1. The number of nitrogens with zero attached hydrogens (tertiary/aromatic N) is 4. The van der Waals surface area contributed by atoms with Gasteiger partial charge in [-0.2, -0.15) is 0 Å². The summed E-state index contributed by atoms with van der Waals surface area (Å²) in [6.45, 7) is 16.2. The number of piperidine rings is 1. The molecule has 2 atom stereocenters. The number of ether oxygens (including phenoxy) is 3. The van der Waals surface area contributed by atoms with Gasteiger partial charge in [0.15, 0.2) is 0 Å². The number of benzene rings is 1. The summed E-state index contributed by atoms with van der Waals surface area (Å²) >= 11 is 3.62. The van der Waals surface area contributed by atoms with Gasteiger partial charge in [0, 0.05) is 61.6 Å². The van der Waals surface area contributed by atoms with E-state index in [1.165, 1.54) is 7.11 Å². The first kappa shape index (κ1) is 32.9. The number of methoxy groups -OCH3 is 1. The van der Waals surface area contributed by atoms with E-state index in [0.29, 0.717) is 25.6 Å². The molecule has 1 amide bonds. The number of likely N-dealkylation sites (tertiary alicyclic amines) is 1. The Morgan fingerprint density at radius 1 is 1.19 bits per heavy atom. The molecule has 0 spiro atoms. The van der Waals surface area contributed by atoms with Gasteiger partial charge in [0.1, 0.15) is 12.3 Å². The normalized spacial score (nSPS) is 17.7. The van der Waals surface area contributed by atoms with Crippen molar-refractivity contribution in [3.8, 4) is 11.3 Å². The molecule has 0 aliphatic carbocycles. The standard InChI is InChI=1S/C31H44BrN5O5Si/c1-20-15-33-29(34-23-13-21(28(38)40-5)16-36(17-23)30(39)42-31(2,3)4)35-27(20)25-18-37(19-41-11-12-43(6,7)8)26-14-22(32)9-10-24(25)26/h9-10,14-15,18,21,23H,11-13,16-17,19H2,1-8H3,(H,33,34,35)/t21-,23+/m1/s1. The van der Waals surface area contributed by atoms with Crippen LogP contribution in [-0.2, 0) is 25.7 Å². The van der Waals surface area contributed by atoms with Crippen LogP contribution in [0.1, 0.15) is 32.8 Å². The highest BCUT2D eigenvalue weighted by Gasteiger charge is 2.36. The Labute approximate surface area is 263 Å². The van der Waals surface area contributed by atoms with E-state index in [1.807, 2.05) is 33.8 Å². The number of carbonyl (C=O) groups is 2. The van der Waals surface area contributed by atoms with Crippen LogP contribution in [0, 0.1) is 12.8 Å². The number of halogens is 1. The number of amides is 1. The molecule has 1 aromatic carbocycles. The van der Waals surface area contributed by atoms with E-state index in [9.17, 15) is 9.59 Å². The van der Waals surface area contributed by atoms with E-state index in [2.05, 4.69) is 68.8 Å². The molecular weight excluding hydrogens is 630 g/mol. The van der Waals surface area contributed by atoms with Gasteiger partial charge < -0.3 is 29.0 Å². The van der Waals surface area contributed by atoms with E-state index >= 15 is 0 Å². The summed E-state index contributed by atoms with van der Waals surface area (Å²) in [4.78, 5) is 36.5. The minimum Gasteiger partial charge on any atom is -0.469 e. The molecule has 234 valence electrons. The maximum atomic E-state index is 12.9. The van der Waals surface area contributed by atoms with Gasteiger partial charge in [-0.05, 0) is 57.9 Å².